The van der Waals surface area contributed by atoms with E-state index in [2.05, 4.69) is 0 Å². The minimum absolute atomic E-state index is 0.0917. The summed E-state index contributed by atoms with van der Waals surface area (Å²) in [5.41, 5.74) is 1.60. The van der Waals surface area contributed by atoms with Crippen LogP contribution in [-0.2, 0) is 17.9 Å². The van der Waals surface area contributed by atoms with Crippen LogP contribution < -0.4 is 0 Å². The maximum absolute atomic E-state index is 13.4. The standard InChI is InChI=1S/C26H29N3O4S/c1-4-14-27(26(31)22-12-10-19(2)24(15-22)29(32)33)18-25(30)28(16-21-8-6-5-7-9-21)17-23-13-11-20(3)34-23/h5-13,15H,4,14,16-18H2,1-3H3. The van der Waals surface area contributed by atoms with Crippen LogP contribution in [0.15, 0.2) is 60.7 Å². The normalized spacial score (nSPS) is 10.7. The van der Waals surface area contributed by atoms with Gasteiger partial charge in [-0.3, -0.25) is 19.7 Å². The Morgan fingerprint density at radius 1 is 0.971 bits per heavy atom. The highest BCUT2D eigenvalue weighted by molar-refractivity contribution is 7.11. The van der Waals surface area contributed by atoms with Crippen molar-refractivity contribution in [2.24, 2.45) is 0 Å². The molecule has 0 aliphatic carbocycles. The molecule has 0 spiro atoms. The second-order valence-corrected chi connectivity index (χ2v) is 9.61. The summed E-state index contributed by atoms with van der Waals surface area (Å²) >= 11 is 1.64. The van der Waals surface area contributed by atoms with Gasteiger partial charge in [-0.25, -0.2) is 0 Å². The Morgan fingerprint density at radius 3 is 2.32 bits per heavy atom. The fraction of sp³-hybridized carbons (Fsp3) is 0.308. The Bertz CT molecular complexity index is 1160. The lowest BCUT2D eigenvalue weighted by Crippen LogP contribution is -2.42. The molecular weight excluding hydrogens is 450 g/mol. The maximum atomic E-state index is 13.4. The topological polar surface area (TPSA) is 83.8 Å². The molecule has 0 saturated carbocycles. The molecule has 7 nitrogen and oxygen atoms in total. The van der Waals surface area contributed by atoms with E-state index in [-0.39, 0.29) is 29.6 Å². The molecule has 3 rings (SSSR count). The van der Waals surface area contributed by atoms with Crippen molar-refractivity contribution in [3.63, 3.8) is 0 Å². The largest absolute Gasteiger partial charge is 0.332 e. The van der Waals surface area contributed by atoms with Crippen molar-refractivity contribution < 1.29 is 14.5 Å². The fourth-order valence-corrected chi connectivity index (χ4v) is 4.61. The van der Waals surface area contributed by atoms with Gasteiger partial charge in [0.05, 0.1) is 11.5 Å². The van der Waals surface area contributed by atoms with Gasteiger partial charge in [-0.05, 0) is 44.0 Å². The van der Waals surface area contributed by atoms with E-state index >= 15 is 0 Å². The van der Waals surface area contributed by atoms with E-state index in [1.165, 1.54) is 15.8 Å². The summed E-state index contributed by atoms with van der Waals surface area (Å²) in [7, 11) is 0. The molecule has 8 heteroatoms. The molecule has 0 atom stereocenters. The van der Waals surface area contributed by atoms with Crippen molar-refractivity contribution in [1.82, 2.24) is 9.80 Å². The monoisotopic (exact) mass is 479 g/mol. The van der Waals surface area contributed by atoms with E-state index in [0.29, 0.717) is 31.6 Å². The molecular formula is C26H29N3O4S. The zero-order valence-electron chi connectivity index (χ0n) is 19.7. The van der Waals surface area contributed by atoms with Gasteiger partial charge >= 0.3 is 0 Å². The van der Waals surface area contributed by atoms with Gasteiger partial charge in [0.25, 0.3) is 11.6 Å². The molecule has 0 saturated heterocycles. The van der Waals surface area contributed by atoms with E-state index in [9.17, 15) is 19.7 Å². The lowest BCUT2D eigenvalue weighted by molar-refractivity contribution is -0.385. The van der Waals surface area contributed by atoms with Crippen molar-refractivity contribution in [3.05, 3.63) is 97.2 Å². The first-order valence-electron chi connectivity index (χ1n) is 11.2. The van der Waals surface area contributed by atoms with Gasteiger partial charge in [0, 0.05) is 40.0 Å². The minimum atomic E-state index is -0.494. The number of carbonyl (C=O) groups is 2. The average Bonchev–Trinajstić information content (AvgIpc) is 3.23. The first-order valence-corrected chi connectivity index (χ1v) is 12.0. The zero-order valence-corrected chi connectivity index (χ0v) is 20.5. The predicted octanol–water partition coefficient (Wildman–Crippen LogP) is 5.35. The predicted molar refractivity (Wildman–Crippen MR) is 134 cm³/mol. The van der Waals surface area contributed by atoms with Crippen molar-refractivity contribution in [3.8, 4) is 0 Å². The average molecular weight is 480 g/mol. The summed E-state index contributed by atoms with van der Waals surface area (Å²) < 4.78 is 0. The van der Waals surface area contributed by atoms with Gasteiger partial charge in [-0.1, -0.05) is 43.3 Å². The number of nitro benzene ring substituents is 1. The third kappa shape index (κ3) is 6.51. The number of nitro groups is 1. The Labute approximate surface area is 203 Å². The highest BCUT2D eigenvalue weighted by Gasteiger charge is 2.24. The summed E-state index contributed by atoms with van der Waals surface area (Å²) in [4.78, 5) is 43.0. The van der Waals surface area contributed by atoms with Gasteiger partial charge in [-0.15, -0.1) is 11.3 Å². The molecule has 2 amide bonds. The fourth-order valence-electron chi connectivity index (χ4n) is 3.70. The van der Waals surface area contributed by atoms with Crippen LogP contribution in [0.4, 0.5) is 5.69 Å². The molecule has 0 aliphatic rings. The third-order valence-corrected chi connectivity index (χ3v) is 6.46. The lowest BCUT2D eigenvalue weighted by atomic mass is 10.1. The van der Waals surface area contributed by atoms with E-state index < -0.39 is 4.92 Å². The molecule has 2 aromatic carbocycles. The van der Waals surface area contributed by atoms with Gasteiger partial charge < -0.3 is 9.80 Å². The smallest absolute Gasteiger partial charge is 0.273 e. The van der Waals surface area contributed by atoms with Gasteiger partial charge in [0.1, 0.15) is 6.54 Å². The van der Waals surface area contributed by atoms with Gasteiger partial charge in [0.2, 0.25) is 5.91 Å². The van der Waals surface area contributed by atoms with Crippen LogP contribution in [0.5, 0.6) is 0 Å². The van der Waals surface area contributed by atoms with Crippen LogP contribution in [0, 0.1) is 24.0 Å². The molecule has 1 heterocycles. The van der Waals surface area contributed by atoms with Crippen LogP contribution in [-0.4, -0.2) is 39.6 Å². The Balaban J connectivity index is 1.83. The quantitative estimate of drug-likeness (QED) is 0.290. The number of thiophene rings is 1. The van der Waals surface area contributed by atoms with Gasteiger partial charge in [0.15, 0.2) is 0 Å². The zero-order chi connectivity index (χ0) is 24.7. The number of amides is 2. The summed E-state index contributed by atoms with van der Waals surface area (Å²) in [6.45, 7) is 6.76. The van der Waals surface area contributed by atoms with Crippen LogP contribution >= 0.6 is 11.3 Å². The molecule has 0 N–H and O–H groups in total. The lowest BCUT2D eigenvalue weighted by Gasteiger charge is -2.27. The number of benzene rings is 2. The highest BCUT2D eigenvalue weighted by Crippen LogP contribution is 2.22. The van der Waals surface area contributed by atoms with Crippen LogP contribution in [0.3, 0.4) is 0 Å². The van der Waals surface area contributed by atoms with Crippen molar-refractivity contribution in [2.75, 3.05) is 13.1 Å². The van der Waals surface area contributed by atoms with E-state index in [1.807, 2.05) is 56.3 Å². The van der Waals surface area contributed by atoms with Crippen LogP contribution in [0.25, 0.3) is 0 Å². The summed E-state index contributed by atoms with van der Waals surface area (Å²) in [5, 5.41) is 11.3. The number of hydrogen-bond acceptors (Lipinski definition) is 5. The van der Waals surface area contributed by atoms with Crippen molar-refractivity contribution in [1.29, 1.82) is 0 Å². The maximum Gasteiger partial charge on any atom is 0.273 e. The molecule has 178 valence electrons. The van der Waals surface area contributed by atoms with E-state index in [1.54, 1.807) is 35.3 Å². The number of hydrogen-bond donors (Lipinski definition) is 0. The van der Waals surface area contributed by atoms with Crippen molar-refractivity contribution >= 4 is 28.8 Å². The molecule has 0 radical (unpaired) electrons. The first-order chi connectivity index (χ1) is 16.3. The third-order valence-electron chi connectivity index (χ3n) is 5.47. The van der Waals surface area contributed by atoms with Gasteiger partial charge in [-0.2, -0.15) is 0 Å². The number of aryl methyl sites for hydroxylation is 2. The minimum Gasteiger partial charge on any atom is -0.332 e. The Morgan fingerprint density at radius 2 is 1.71 bits per heavy atom. The number of carbonyl (C=O) groups excluding carboxylic acids is 2. The molecule has 1 aromatic heterocycles. The Kier molecular flexibility index (Phi) is 8.54. The summed E-state index contributed by atoms with van der Waals surface area (Å²) in [6, 6.07) is 18.2. The SMILES string of the molecule is CCCN(CC(=O)N(Cc1ccccc1)Cc1ccc(C)s1)C(=O)c1ccc(C)c([N+](=O)[O-])c1. The molecule has 0 bridgehead atoms. The van der Waals surface area contributed by atoms with Crippen molar-refractivity contribution in [2.45, 2.75) is 40.3 Å². The number of rotatable bonds is 10. The van der Waals surface area contributed by atoms with E-state index in [4.69, 9.17) is 0 Å². The van der Waals surface area contributed by atoms with E-state index in [0.717, 1.165) is 10.4 Å². The van der Waals surface area contributed by atoms with Crippen LogP contribution in [0.2, 0.25) is 0 Å². The first kappa shape index (κ1) is 25.1. The molecule has 0 fully saturated rings. The highest BCUT2D eigenvalue weighted by atomic mass is 32.1. The molecule has 0 unspecified atom stereocenters. The second-order valence-electron chi connectivity index (χ2n) is 8.23. The Hall–Kier alpha value is -3.52. The summed E-state index contributed by atoms with van der Waals surface area (Å²) in [5.74, 6) is -0.553. The molecule has 0 aliphatic heterocycles. The molecule has 34 heavy (non-hydrogen) atoms. The summed E-state index contributed by atoms with van der Waals surface area (Å²) in [6.07, 6.45) is 0.662. The van der Waals surface area contributed by atoms with Crippen LogP contribution in [0.1, 0.15) is 44.6 Å². The molecule has 3 aromatic rings. The second kappa shape index (κ2) is 11.6. The number of nitrogens with zero attached hydrogens (tertiary/aromatic N) is 3.